The Hall–Kier alpha value is -3.78. The Kier molecular flexibility index (Phi) is 5.63. The van der Waals surface area contributed by atoms with Gasteiger partial charge in [0.25, 0.3) is 5.78 Å². The lowest BCUT2D eigenvalue weighted by Crippen LogP contribution is -2.29. The normalized spacial score (nSPS) is 17.6. The van der Waals surface area contributed by atoms with Gasteiger partial charge < -0.3 is 19.1 Å². The molecule has 32 heavy (non-hydrogen) atoms. The molecule has 0 radical (unpaired) electrons. The van der Waals surface area contributed by atoms with E-state index < -0.39 is 17.7 Å². The van der Waals surface area contributed by atoms with Gasteiger partial charge in [0.1, 0.15) is 11.5 Å². The minimum absolute atomic E-state index is 0.0924. The Balaban J connectivity index is 1.93. The number of carbonyl (C=O) groups is 2. The standard InChI is InChI=1S/C23H19ClN2O6/c1-12-10-18(25-32-12)26-20(13-4-7-15(24)8-5-13)19(22(28)23(26)29)21(27)14-6-9-16(30-2)17(11-14)31-3/h4-11,20,27H,1-3H3/b21-19+/t20-/m0/s1. The van der Waals surface area contributed by atoms with Gasteiger partial charge in [-0.25, -0.2) is 0 Å². The van der Waals surface area contributed by atoms with E-state index in [0.29, 0.717) is 27.8 Å². The number of hydrogen-bond donors (Lipinski definition) is 1. The Morgan fingerprint density at radius 3 is 2.34 bits per heavy atom. The third kappa shape index (κ3) is 3.58. The Bertz CT molecular complexity index is 1230. The molecule has 2 aromatic carbocycles. The van der Waals surface area contributed by atoms with Crippen molar-refractivity contribution in [3.05, 3.63) is 76.0 Å². The molecule has 1 saturated heterocycles. The first-order valence-electron chi connectivity index (χ1n) is 9.58. The highest BCUT2D eigenvalue weighted by atomic mass is 35.5. The van der Waals surface area contributed by atoms with Gasteiger partial charge in [-0.2, -0.15) is 0 Å². The van der Waals surface area contributed by atoms with Crippen LogP contribution in [-0.4, -0.2) is 36.2 Å². The van der Waals surface area contributed by atoms with Gasteiger partial charge in [-0.3, -0.25) is 14.5 Å². The molecule has 1 aromatic heterocycles. The van der Waals surface area contributed by atoms with Crippen molar-refractivity contribution in [2.75, 3.05) is 19.1 Å². The monoisotopic (exact) mass is 454 g/mol. The molecule has 8 nitrogen and oxygen atoms in total. The van der Waals surface area contributed by atoms with Gasteiger partial charge >= 0.3 is 5.91 Å². The Morgan fingerprint density at radius 1 is 1.06 bits per heavy atom. The zero-order valence-electron chi connectivity index (χ0n) is 17.5. The first kappa shape index (κ1) is 21.5. The smallest absolute Gasteiger partial charge is 0.301 e. The van der Waals surface area contributed by atoms with Crippen molar-refractivity contribution in [2.24, 2.45) is 0 Å². The number of aliphatic hydroxyl groups excluding tert-OH is 1. The highest BCUT2D eigenvalue weighted by Crippen LogP contribution is 2.42. The van der Waals surface area contributed by atoms with Crippen molar-refractivity contribution in [1.82, 2.24) is 5.16 Å². The van der Waals surface area contributed by atoms with E-state index in [0.717, 1.165) is 0 Å². The minimum Gasteiger partial charge on any atom is -0.507 e. The molecule has 1 N–H and O–H groups in total. The van der Waals surface area contributed by atoms with Gasteiger partial charge in [0.2, 0.25) is 0 Å². The van der Waals surface area contributed by atoms with E-state index in [1.54, 1.807) is 49.4 Å². The van der Waals surface area contributed by atoms with Crippen LogP contribution in [0.1, 0.15) is 22.9 Å². The van der Waals surface area contributed by atoms with Crippen LogP contribution < -0.4 is 14.4 Å². The lowest BCUT2D eigenvalue weighted by atomic mass is 9.95. The van der Waals surface area contributed by atoms with Crippen molar-refractivity contribution in [2.45, 2.75) is 13.0 Å². The van der Waals surface area contributed by atoms with Gasteiger partial charge in [0.15, 0.2) is 17.3 Å². The molecule has 9 heteroatoms. The number of carbonyl (C=O) groups excluding carboxylic acids is 2. The van der Waals surface area contributed by atoms with Crippen LogP contribution in [0.15, 0.2) is 58.6 Å². The number of ketones is 1. The molecule has 2 heterocycles. The summed E-state index contributed by atoms with van der Waals surface area (Å²) in [7, 11) is 2.95. The van der Waals surface area contributed by atoms with Crippen LogP contribution in [0, 0.1) is 6.92 Å². The Morgan fingerprint density at radius 2 is 1.75 bits per heavy atom. The fraction of sp³-hybridized carbons (Fsp3) is 0.174. The van der Waals surface area contributed by atoms with E-state index in [1.165, 1.54) is 25.2 Å². The van der Waals surface area contributed by atoms with Crippen LogP contribution in [-0.2, 0) is 9.59 Å². The SMILES string of the molecule is COc1ccc(/C(O)=C2\C(=O)C(=O)N(c3cc(C)on3)[C@H]2c2ccc(Cl)cc2)cc1OC. The number of nitrogens with zero attached hydrogens (tertiary/aromatic N) is 2. The number of hydrogen-bond acceptors (Lipinski definition) is 7. The molecule has 1 amide bonds. The molecule has 0 unspecified atom stereocenters. The van der Waals surface area contributed by atoms with Gasteiger partial charge in [-0.15, -0.1) is 0 Å². The predicted molar refractivity (Wildman–Crippen MR) is 117 cm³/mol. The van der Waals surface area contributed by atoms with E-state index >= 15 is 0 Å². The van der Waals surface area contributed by atoms with E-state index in [1.807, 2.05) is 0 Å². The summed E-state index contributed by atoms with van der Waals surface area (Å²) < 4.78 is 15.6. The number of anilines is 1. The number of Topliss-reactive ketones (excluding diaryl/α,β-unsaturated/α-hetero) is 1. The van der Waals surface area contributed by atoms with Crippen LogP contribution in [0.4, 0.5) is 5.82 Å². The summed E-state index contributed by atoms with van der Waals surface area (Å²) in [6.45, 7) is 1.67. The number of aryl methyl sites for hydroxylation is 1. The van der Waals surface area contributed by atoms with Gasteiger partial charge in [-0.1, -0.05) is 28.9 Å². The van der Waals surface area contributed by atoms with Crippen LogP contribution >= 0.6 is 11.6 Å². The molecule has 1 atom stereocenters. The van der Waals surface area contributed by atoms with Crippen LogP contribution in [0.3, 0.4) is 0 Å². The number of ether oxygens (including phenoxy) is 2. The molecule has 0 bridgehead atoms. The summed E-state index contributed by atoms with van der Waals surface area (Å²) in [5.41, 5.74) is 0.762. The molecular formula is C23H19ClN2O6. The quantitative estimate of drug-likeness (QED) is 0.348. The predicted octanol–water partition coefficient (Wildman–Crippen LogP) is 4.28. The van der Waals surface area contributed by atoms with E-state index in [-0.39, 0.29) is 22.7 Å². The summed E-state index contributed by atoms with van der Waals surface area (Å²) >= 11 is 6.03. The lowest BCUT2D eigenvalue weighted by Gasteiger charge is -2.23. The molecule has 1 aliphatic rings. The van der Waals surface area contributed by atoms with Gasteiger partial charge in [0.05, 0.1) is 25.8 Å². The van der Waals surface area contributed by atoms with E-state index in [4.69, 9.17) is 25.6 Å². The number of methoxy groups -OCH3 is 2. The van der Waals surface area contributed by atoms with E-state index in [9.17, 15) is 14.7 Å². The zero-order valence-corrected chi connectivity index (χ0v) is 18.2. The topological polar surface area (TPSA) is 102 Å². The zero-order chi connectivity index (χ0) is 23.0. The second-order valence-electron chi connectivity index (χ2n) is 7.09. The minimum atomic E-state index is -0.940. The van der Waals surface area contributed by atoms with Crippen molar-refractivity contribution in [1.29, 1.82) is 0 Å². The number of rotatable bonds is 5. The van der Waals surface area contributed by atoms with Crippen molar-refractivity contribution >= 4 is 34.9 Å². The third-order valence-corrected chi connectivity index (χ3v) is 5.40. The highest BCUT2D eigenvalue weighted by Gasteiger charge is 2.48. The maximum Gasteiger partial charge on any atom is 0.301 e. The molecule has 3 aromatic rings. The number of halogens is 1. The number of aromatic nitrogens is 1. The summed E-state index contributed by atoms with van der Waals surface area (Å²) in [6, 6.07) is 12.0. The second-order valence-corrected chi connectivity index (χ2v) is 7.52. The molecular weight excluding hydrogens is 436 g/mol. The number of benzene rings is 2. The van der Waals surface area contributed by atoms with Gasteiger partial charge in [0, 0.05) is 16.7 Å². The molecule has 0 spiro atoms. The van der Waals surface area contributed by atoms with Crippen molar-refractivity contribution in [3.63, 3.8) is 0 Å². The lowest BCUT2D eigenvalue weighted by molar-refractivity contribution is -0.132. The summed E-state index contributed by atoms with van der Waals surface area (Å²) in [5.74, 6) is -0.588. The van der Waals surface area contributed by atoms with E-state index in [2.05, 4.69) is 5.16 Å². The molecule has 4 rings (SSSR count). The van der Waals surface area contributed by atoms with Crippen LogP contribution in [0.25, 0.3) is 5.76 Å². The van der Waals surface area contributed by atoms with Crippen molar-refractivity contribution in [3.8, 4) is 11.5 Å². The largest absolute Gasteiger partial charge is 0.507 e. The fourth-order valence-electron chi connectivity index (χ4n) is 3.64. The summed E-state index contributed by atoms with van der Waals surface area (Å²) in [5, 5.41) is 15.6. The number of aliphatic hydroxyl groups is 1. The molecule has 0 saturated carbocycles. The highest BCUT2D eigenvalue weighted by molar-refractivity contribution is 6.51. The van der Waals surface area contributed by atoms with Gasteiger partial charge in [-0.05, 0) is 42.8 Å². The Labute approximate surface area is 188 Å². The second kappa shape index (κ2) is 8.39. The van der Waals surface area contributed by atoms with Crippen molar-refractivity contribution < 1.29 is 28.7 Å². The maximum absolute atomic E-state index is 13.1. The summed E-state index contributed by atoms with van der Waals surface area (Å²) in [4.78, 5) is 27.3. The molecule has 1 fully saturated rings. The molecule has 0 aliphatic carbocycles. The fourth-order valence-corrected chi connectivity index (χ4v) is 3.76. The first-order chi connectivity index (χ1) is 15.3. The maximum atomic E-state index is 13.1. The third-order valence-electron chi connectivity index (χ3n) is 5.15. The molecule has 164 valence electrons. The van der Waals surface area contributed by atoms with Crippen LogP contribution in [0.2, 0.25) is 5.02 Å². The van der Waals surface area contributed by atoms with Crippen LogP contribution in [0.5, 0.6) is 11.5 Å². The average molecular weight is 455 g/mol. The number of amides is 1. The summed E-state index contributed by atoms with van der Waals surface area (Å²) in [6.07, 6.45) is 0. The average Bonchev–Trinajstić information content (AvgIpc) is 3.34. The first-order valence-corrected chi connectivity index (χ1v) is 9.95. The molecule has 1 aliphatic heterocycles.